The molecule has 0 amide bonds. The van der Waals surface area contributed by atoms with E-state index in [1.54, 1.807) is 18.2 Å². The van der Waals surface area contributed by atoms with Crippen molar-refractivity contribution in [1.29, 1.82) is 0 Å². The smallest absolute Gasteiger partial charge is 0.258 e. The molecule has 0 saturated heterocycles. The highest BCUT2D eigenvalue weighted by atomic mass is 127. The number of hydrogen-bond acceptors (Lipinski definition) is 1. The second-order valence-electron chi connectivity index (χ2n) is 2.89. The van der Waals surface area contributed by atoms with Crippen LogP contribution < -0.4 is 5.32 Å². The molecule has 0 saturated carbocycles. The highest BCUT2D eigenvalue weighted by Gasteiger charge is 2.14. The van der Waals surface area contributed by atoms with Crippen molar-refractivity contribution in [3.63, 3.8) is 0 Å². The van der Waals surface area contributed by atoms with Crippen molar-refractivity contribution >= 4 is 39.9 Å². The maximum absolute atomic E-state index is 12.2. The second kappa shape index (κ2) is 5.11. The minimum Gasteiger partial charge on any atom is -0.376 e. The Labute approximate surface area is 100.0 Å². The van der Waals surface area contributed by atoms with Crippen LogP contribution in [0.2, 0.25) is 5.02 Å². The summed E-state index contributed by atoms with van der Waals surface area (Å²) in [5.74, 6) is 0. The Hall–Kier alpha value is -0.100. The molecule has 0 radical (unpaired) electrons. The van der Waals surface area contributed by atoms with Crippen LogP contribution in [0.5, 0.6) is 0 Å². The summed E-state index contributed by atoms with van der Waals surface area (Å²) in [6.45, 7) is 1.44. The van der Waals surface area contributed by atoms with E-state index in [1.807, 2.05) is 0 Å². The van der Waals surface area contributed by atoms with Crippen LogP contribution >= 0.6 is 34.2 Å². The number of halogens is 4. The summed E-state index contributed by atoms with van der Waals surface area (Å²) in [5, 5.41) is 3.32. The van der Waals surface area contributed by atoms with Crippen molar-refractivity contribution in [2.45, 2.75) is 19.4 Å². The van der Waals surface area contributed by atoms with Gasteiger partial charge in [0.15, 0.2) is 0 Å². The molecule has 1 aromatic carbocycles. The molecule has 0 aliphatic rings. The lowest BCUT2D eigenvalue weighted by atomic mass is 10.3. The van der Waals surface area contributed by atoms with Crippen LogP contribution in [0.15, 0.2) is 18.2 Å². The third kappa shape index (κ3) is 3.24. The Kier molecular flexibility index (Phi) is 4.37. The van der Waals surface area contributed by atoms with Crippen LogP contribution in [0.4, 0.5) is 14.5 Å². The zero-order chi connectivity index (χ0) is 10.7. The van der Waals surface area contributed by atoms with Crippen LogP contribution in [0.25, 0.3) is 0 Å². The first-order valence-electron chi connectivity index (χ1n) is 4.00. The van der Waals surface area contributed by atoms with Crippen LogP contribution in [0, 0.1) is 3.57 Å². The lowest BCUT2D eigenvalue weighted by molar-refractivity contribution is 0.130. The van der Waals surface area contributed by atoms with Crippen LogP contribution in [0.1, 0.15) is 6.92 Å². The van der Waals surface area contributed by atoms with E-state index in [2.05, 4.69) is 27.9 Å². The minimum atomic E-state index is -2.37. The van der Waals surface area contributed by atoms with Crippen molar-refractivity contribution in [2.24, 2.45) is 0 Å². The van der Waals surface area contributed by atoms with E-state index in [-0.39, 0.29) is 0 Å². The fraction of sp³-hybridized carbons (Fsp3) is 0.333. The van der Waals surface area contributed by atoms with Crippen molar-refractivity contribution in [3.05, 3.63) is 26.8 Å². The van der Waals surface area contributed by atoms with Crippen LogP contribution in [0.3, 0.4) is 0 Å². The average Bonchev–Trinajstić information content (AvgIpc) is 2.09. The molecular formula is C9H9ClF2IN. The summed E-state index contributed by atoms with van der Waals surface area (Å²) in [5.41, 5.74) is 0.683. The topological polar surface area (TPSA) is 12.0 Å². The number of rotatable bonds is 3. The first-order chi connectivity index (χ1) is 6.50. The largest absolute Gasteiger partial charge is 0.376 e. The zero-order valence-corrected chi connectivity index (χ0v) is 10.3. The van der Waals surface area contributed by atoms with Gasteiger partial charge in [-0.25, -0.2) is 8.78 Å². The van der Waals surface area contributed by atoms with Crippen LogP contribution in [-0.2, 0) is 0 Å². The normalized spacial score (nSPS) is 13.0. The third-order valence-corrected chi connectivity index (χ3v) is 2.82. The van der Waals surface area contributed by atoms with E-state index in [4.69, 9.17) is 11.6 Å². The van der Waals surface area contributed by atoms with Gasteiger partial charge in [0.2, 0.25) is 0 Å². The fourth-order valence-electron chi connectivity index (χ4n) is 0.915. The molecule has 0 fully saturated rings. The van der Waals surface area contributed by atoms with Gasteiger partial charge in [0.25, 0.3) is 6.43 Å². The molecule has 1 N–H and O–H groups in total. The highest BCUT2D eigenvalue weighted by molar-refractivity contribution is 14.1. The molecule has 1 atom stereocenters. The molecule has 0 spiro atoms. The SMILES string of the molecule is CC(Nc1ccc(Cl)cc1I)C(F)F. The third-order valence-electron chi connectivity index (χ3n) is 1.69. The molecule has 78 valence electrons. The standard InChI is InChI=1S/C9H9ClF2IN/c1-5(9(11)12)14-8-3-2-6(10)4-7(8)13/h2-5,9,14H,1H3. The second-order valence-corrected chi connectivity index (χ2v) is 4.49. The van der Waals surface area contributed by atoms with E-state index in [0.717, 1.165) is 3.57 Å². The zero-order valence-electron chi connectivity index (χ0n) is 7.40. The Balaban J connectivity index is 2.77. The summed E-state index contributed by atoms with van der Waals surface area (Å²) in [6, 6.07) is 4.24. The molecule has 0 heterocycles. The van der Waals surface area contributed by atoms with Crippen molar-refractivity contribution in [3.8, 4) is 0 Å². The van der Waals surface area contributed by atoms with Gasteiger partial charge in [0, 0.05) is 14.3 Å². The quantitative estimate of drug-likeness (QED) is 0.825. The summed E-state index contributed by atoms with van der Waals surface area (Å²) in [4.78, 5) is 0. The molecule has 0 bridgehead atoms. The Morgan fingerprint density at radius 3 is 2.57 bits per heavy atom. The molecule has 1 nitrogen and oxygen atoms in total. The van der Waals surface area contributed by atoms with Crippen LogP contribution in [-0.4, -0.2) is 12.5 Å². The van der Waals surface area contributed by atoms with Gasteiger partial charge in [0.05, 0.1) is 6.04 Å². The van der Waals surface area contributed by atoms with Crippen molar-refractivity contribution in [1.82, 2.24) is 0 Å². The number of anilines is 1. The number of benzene rings is 1. The van der Waals surface area contributed by atoms with Gasteiger partial charge in [-0.05, 0) is 47.7 Å². The van der Waals surface area contributed by atoms with Gasteiger partial charge >= 0.3 is 0 Å². The molecular weight excluding hydrogens is 322 g/mol. The summed E-state index contributed by atoms with van der Waals surface area (Å²) < 4.78 is 25.3. The van der Waals surface area contributed by atoms with E-state index in [1.165, 1.54) is 6.92 Å². The van der Waals surface area contributed by atoms with Gasteiger partial charge in [-0.1, -0.05) is 11.6 Å². The summed E-state index contributed by atoms with van der Waals surface area (Å²) in [6.07, 6.45) is -2.37. The first kappa shape index (κ1) is 12.0. The average molecular weight is 332 g/mol. The maximum Gasteiger partial charge on any atom is 0.258 e. The lowest BCUT2D eigenvalue weighted by Gasteiger charge is -2.15. The molecule has 14 heavy (non-hydrogen) atoms. The molecule has 1 aromatic rings. The van der Waals surface area contributed by atoms with Crippen molar-refractivity contribution < 1.29 is 8.78 Å². The molecule has 0 aliphatic heterocycles. The monoisotopic (exact) mass is 331 g/mol. The Morgan fingerprint density at radius 2 is 2.07 bits per heavy atom. The number of alkyl halides is 2. The molecule has 0 aromatic heterocycles. The minimum absolute atomic E-state index is 0.602. The number of nitrogens with one attached hydrogen (secondary N) is 1. The Bertz CT molecular complexity index is 320. The maximum atomic E-state index is 12.2. The summed E-state index contributed by atoms with van der Waals surface area (Å²) >= 11 is 7.79. The summed E-state index contributed by atoms with van der Waals surface area (Å²) in [7, 11) is 0. The van der Waals surface area contributed by atoms with E-state index < -0.39 is 12.5 Å². The molecule has 0 aliphatic carbocycles. The predicted octanol–water partition coefficient (Wildman–Crippen LogP) is 4.01. The highest BCUT2D eigenvalue weighted by Crippen LogP contribution is 2.23. The van der Waals surface area contributed by atoms with Gasteiger partial charge in [-0.15, -0.1) is 0 Å². The molecule has 5 heteroatoms. The lowest BCUT2D eigenvalue weighted by Crippen LogP contribution is -2.24. The molecule has 1 unspecified atom stereocenters. The Morgan fingerprint density at radius 1 is 1.43 bits per heavy atom. The van der Waals surface area contributed by atoms with Gasteiger partial charge < -0.3 is 5.32 Å². The van der Waals surface area contributed by atoms with Gasteiger partial charge in [-0.2, -0.15) is 0 Å². The van der Waals surface area contributed by atoms with Gasteiger partial charge in [0.1, 0.15) is 0 Å². The van der Waals surface area contributed by atoms with E-state index >= 15 is 0 Å². The van der Waals surface area contributed by atoms with E-state index in [0.29, 0.717) is 10.7 Å². The predicted molar refractivity (Wildman–Crippen MR) is 63.3 cm³/mol. The number of hydrogen-bond donors (Lipinski definition) is 1. The first-order valence-corrected chi connectivity index (χ1v) is 5.46. The van der Waals surface area contributed by atoms with Gasteiger partial charge in [-0.3, -0.25) is 0 Å². The van der Waals surface area contributed by atoms with E-state index in [9.17, 15) is 8.78 Å². The van der Waals surface area contributed by atoms with Crippen molar-refractivity contribution in [2.75, 3.05) is 5.32 Å². The molecule has 1 rings (SSSR count). The fourth-order valence-corrected chi connectivity index (χ4v) is 1.94.